The highest BCUT2D eigenvalue weighted by Crippen LogP contribution is 2.37. The largest absolute Gasteiger partial charge is 0.489 e. The Hall–Kier alpha value is -3.24. The summed E-state index contributed by atoms with van der Waals surface area (Å²) in [6, 6.07) is 25.9. The van der Waals surface area contributed by atoms with E-state index in [1.54, 1.807) is 18.2 Å². The van der Waals surface area contributed by atoms with Crippen LogP contribution in [0.2, 0.25) is 0 Å². The molecule has 6 nitrogen and oxygen atoms in total. The normalized spacial score (nSPS) is 21.0. The zero-order chi connectivity index (χ0) is 39.6. The first-order valence-electron chi connectivity index (χ1n) is 17.7. The van der Waals surface area contributed by atoms with Crippen molar-refractivity contribution in [2.75, 3.05) is 26.2 Å². The lowest BCUT2D eigenvalue weighted by molar-refractivity contribution is -0.137. The summed E-state index contributed by atoms with van der Waals surface area (Å²) in [4.78, 5) is 4.78. The van der Waals surface area contributed by atoms with Gasteiger partial charge in [0.25, 0.3) is 0 Å². The van der Waals surface area contributed by atoms with Crippen molar-refractivity contribution in [1.29, 1.82) is 0 Å². The van der Waals surface area contributed by atoms with Crippen LogP contribution in [-0.2, 0) is 34.9 Å². The fraction of sp³-hybridized carbons (Fsp3) is 0.400. The van der Waals surface area contributed by atoms with Crippen LogP contribution in [0.25, 0.3) is 11.1 Å². The third kappa shape index (κ3) is 13.5. The molecule has 0 radical (unpaired) electrons. The molecule has 4 atom stereocenters. The zero-order valence-electron chi connectivity index (χ0n) is 30.6. The molecule has 2 aliphatic heterocycles. The molecule has 0 saturated carbocycles. The molecule has 2 N–H and O–H groups in total. The molecule has 54 heavy (non-hydrogen) atoms. The highest BCUT2D eigenvalue weighted by atomic mass is 79.9. The fourth-order valence-corrected chi connectivity index (χ4v) is 6.95. The summed E-state index contributed by atoms with van der Waals surface area (Å²) in [5.74, 6) is 0. The SMILES string of the molecule is CC1CN(Cc2ccc(-c3ccccc3C(F)(F)F)cc2)CC(C)O1.CC1CN(Cc2ccc(Br)cc2)CC(C)O1.OB(O)c1ccccc1C(F)(F)F. The number of morpholine rings is 2. The number of benzene rings is 4. The fourth-order valence-electron chi connectivity index (χ4n) is 6.69. The summed E-state index contributed by atoms with van der Waals surface area (Å²) >= 11 is 3.46. The van der Waals surface area contributed by atoms with E-state index in [0.717, 1.165) is 67.5 Å². The van der Waals surface area contributed by atoms with Crippen LogP contribution in [0.4, 0.5) is 26.3 Å². The Balaban J connectivity index is 0.000000193. The first-order valence-corrected chi connectivity index (χ1v) is 18.5. The van der Waals surface area contributed by atoms with Gasteiger partial charge in [-0.15, -0.1) is 0 Å². The minimum atomic E-state index is -4.56. The van der Waals surface area contributed by atoms with E-state index in [0.29, 0.717) is 17.8 Å². The molecular formula is C40H46BBrF6N2O4. The lowest BCUT2D eigenvalue weighted by atomic mass is 9.77. The minimum absolute atomic E-state index is 0.196. The molecule has 4 aromatic carbocycles. The standard InChI is InChI=1S/C20H22F3NO.C13H18BrNO.C7H6BF3O2/c1-14-11-24(12-15(2)25-14)13-16-7-9-17(10-8-16)18-5-3-4-6-19(18)20(21,22)23;1-10-7-15(8-11(2)16-10)9-12-3-5-13(14)6-4-12;9-7(10,11)5-3-1-2-4-6(5)8(12)13/h3-10,14-15H,11-13H2,1-2H3;3-6,10-11H,7-9H2,1-2H3;1-4,12-13H. The molecule has 2 fully saturated rings. The monoisotopic (exact) mass is 822 g/mol. The van der Waals surface area contributed by atoms with Crippen LogP contribution in [0.1, 0.15) is 49.9 Å². The van der Waals surface area contributed by atoms with E-state index in [1.165, 1.54) is 29.8 Å². The van der Waals surface area contributed by atoms with Gasteiger partial charge in [0, 0.05) is 43.7 Å². The van der Waals surface area contributed by atoms with Gasteiger partial charge in [-0.3, -0.25) is 9.80 Å². The first kappa shape index (κ1) is 43.5. The van der Waals surface area contributed by atoms with Crippen LogP contribution in [0, 0.1) is 0 Å². The molecular weight excluding hydrogens is 777 g/mol. The zero-order valence-corrected chi connectivity index (χ0v) is 32.2. The van der Waals surface area contributed by atoms with Crippen molar-refractivity contribution < 1.29 is 45.9 Å². The molecule has 14 heteroatoms. The Labute approximate surface area is 322 Å². The van der Waals surface area contributed by atoms with Gasteiger partial charge < -0.3 is 19.5 Å². The quantitative estimate of drug-likeness (QED) is 0.151. The molecule has 2 aliphatic rings. The number of ether oxygens (including phenoxy) is 2. The van der Waals surface area contributed by atoms with Gasteiger partial charge in [-0.05, 0) is 73.6 Å². The molecule has 6 rings (SSSR count). The van der Waals surface area contributed by atoms with Crippen molar-refractivity contribution in [1.82, 2.24) is 9.80 Å². The van der Waals surface area contributed by atoms with Crippen LogP contribution in [0.3, 0.4) is 0 Å². The Kier molecular flexibility index (Phi) is 15.8. The van der Waals surface area contributed by atoms with Crippen molar-refractivity contribution in [3.8, 4) is 11.1 Å². The summed E-state index contributed by atoms with van der Waals surface area (Å²) in [6.45, 7) is 14.0. The van der Waals surface area contributed by atoms with E-state index in [2.05, 4.69) is 77.7 Å². The van der Waals surface area contributed by atoms with Crippen LogP contribution in [-0.4, -0.2) is 77.6 Å². The van der Waals surface area contributed by atoms with Crippen molar-refractivity contribution in [3.63, 3.8) is 0 Å². The third-order valence-electron chi connectivity index (χ3n) is 8.76. The summed E-state index contributed by atoms with van der Waals surface area (Å²) < 4.78 is 88.7. The maximum Gasteiger partial charge on any atom is 0.489 e. The maximum absolute atomic E-state index is 13.2. The van der Waals surface area contributed by atoms with E-state index in [1.807, 2.05) is 12.1 Å². The van der Waals surface area contributed by atoms with Gasteiger partial charge in [-0.1, -0.05) is 94.8 Å². The topological polar surface area (TPSA) is 65.4 Å². The van der Waals surface area contributed by atoms with E-state index >= 15 is 0 Å². The molecule has 0 spiro atoms. The van der Waals surface area contributed by atoms with Crippen molar-refractivity contribution >= 4 is 28.5 Å². The van der Waals surface area contributed by atoms with Gasteiger partial charge in [-0.2, -0.15) is 26.3 Å². The number of hydrogen-bond acceptors (Lipinski definition) is 6. The molecule has 4 unspecified atom stereocenters. The Morgan fingerprint density at radius 2 is 0.981 bits per heavy atom. The van der Waals surface area contributed by atoms with Crippen LogP contribution in [0.5, 0.6) is 0 Å². The predicted octanol–water partition coefficient (Wildman–Crippen LogP) is 8.43. The Bertz CT molecular complexity index is 1720. The van der Waals surface area contributed by atoms with E-state index in [4.69, 9.17) is 19.5 Å². The lowest BCUT2D eigenvalue weighted by Crippen LogP contribution is -2.44. The van der Waals surface area contributed by atoms with E-state index < -0.39 is 36.1 Å². The van der Waals surface area contributed by atoms with Crippen LogP contribution in [0.15, 0.2) is 102 Å². The minimum Gasteiger partial charge on any atom is -0.423 e. The smallest absolute Gasteiger partial charge is 0.423 e. The molecule has 0 amide bonds. The van der Waals surface area contributed by atoms with Gasteiger partial charge in [0.2, 0.25) is 0 Å². The lowest BCUT2D eigenvalue weighted by Gasteiger charge is -2.35. The Morgan fingerprint density at radius 3 is 1.39 bits per heavy atom. The van der Waals surface area contributed by atoms with Gasteiger partial charge in [-0.25, -0.2) is 0 Å². The molecule has 0 aromatic heterocycles. The van der Waals surface area contributed by atoms with Crippen molar-refractivity contribution in [2.45, 2.75) is 77.6 Å². The summed E-state index contributed by atoms with van der Waals surface area (Å²) in [6.07, 6.45) is -7.82. The summed E-state index contributed by atoms with van der Waals surface area (Å²) in [5, 5.41) is 17.2. The number of halogens is 7. The van der Waals surface area contributed by atoms with Crippen molar-refractivity contribution in [3.05, 3.63) is 124 Å². The highest BCUT2D eigenvalue weighted by molar-refractivity contribution is 9.10. The number of alkyl halides is 6. The molecule has 4 aromatic rings. The first-order chi connectivity index (χ1) is 25.4. The maximum atomic E-state index is 13.2. The molecule has 292 valence electrons. The van der Waals surface area contributed by atoms with Crippen LogP contribution < -0.4 is 5.46 Å². The number of nitrogens with zero attached hydrogens (tertiary/aromatic N) is 2. The van der Waals surface area contributed by atoms with E-state index in [9.17, 15) is 26.3 Å². The number of hydrogen-bond donors (Lipinski definition) is 2. The van der Waals surface area contributed by atoms with Gasteiger partial charge >= 0.3 is 19.5 Å². The summed E-state index contributed by atoms with van der Waals surface area (Å²) in [5.41, 5.74) is 1.10. The molecule has 0 aliphatic carbocycles. The average molecular weight is 824 g/mol. The third-order valence-corrected chi connectivity index (χ3v) is 9.29. The average Bonchev–Trinajstić information content (AvgIpc) is 3.09. The predicted molar refractivity (Wildman–Crippen MR) is 203 cm³/mol. The van der Waals surface area contributed by atoms with Crippen LogP contribution >= 0.6 is 15.9 Å². The second-order valence-corrected chi connectivity index (χ2v) is 14.6. The van der Waals surface area contributed by atoms with Gasteiger partial charge in [0.05, 0.1) is 35.5 Å². The van der Waals surface area contributed by atoms with Gasteiger partial charge in [0.1, 0.15) is 0 Å². The second kappa shape index (κ2) is 19.6. The summed E-state index contributed by atoms with van der Waals surface area (Å²) in [7, 11) is -2.10. The Morgan fingerprint density at radius 1 is 0.593 bits per heavy atom. The molecule has 0 bridgehead atoms. The van der Waals surface area contributed by atoms with Gasteiger partial charge in [0.15, 0.2) is 0 Å². The second-order valence-electron chi connectivity index (χ2n) is 13.7. The molecule has 2 heterocycles. The highest BCUT2D eigenvalue weighted by Gasteiger charge is 2.36. The van der Waals surface area contributed by atoms with Crippen molar-refractivity contribution in [2.24, 2.45) is 0 Å². The van der Waals surface area contributed by atoms with E-state index in [-0.39, 0.29) is 17.8 Å². The molecule has 2 saturated heterocycles. The number of rotatable bonds is 6.